The lowest BCUT2D eigenvalue weighted by Gasteiger charge is -2.39. The lowest BCUT2D eigenvalue weighted by molar-refractivity contribution is -0.121. The highest BCUT2D eigenvalue weighted by Crippen LogP contribution is 2.37. The molecule has 0 rings (SSSR count). The van der Waals surface area contributed by atoms with Crippen molar-refractivity contribution in [1.29, 1.82) is 0 Å². The van der Waals surface area contributed by atoms with Crippen molar-refractivity contribution in [3.63, 3.8) is 0 Å². The quantitative estimate of drug-likeness (QED) is 0.715. The summed E-state index contributed by atoms with van der Waals surface area (Å²) >= 11 is 0. The predicted molar refractivity (Wildman–Crippen MR) is 64.9 cm³/mol. The second kappa shape index (κ2) is 4.63. The molecule has 1 amide bonds. The van der Waals surface area contributed by atoms with E-state index in [1.54, 1.807) is 6.92 Å². The average molecular weight is 232 g/mol. The first-order chi connectivity index (χ1) is 6.49. The van der Waals surface area contributed by atoms with Crippen molar-refractivity contribution in [1.82, 2.24) is 0 Å². The van der Waals surface area contributed by atoms with Crippen LogP contribution in [-0.2, 0) is 9.22 Å². The van der Waals surface area contributed by atoms with Crippen LogP contribution in [0.15, 0.2) is 0 Å². The van der Waals surface area contributed by atoms with Crippen molar-refractivity contribution in [3.05, 3.63) is 0 Å². The van der Waals surface area contributed by atoms with Crippen molar-refractivity contribution in [2.75, 3.05) is 0 Å². The fourth-order valence-electron chi connectivity index (χ4n) is 0.946. The number of primary amides is 1. The van der Waals surface area contributed by atoms with Crippen molar-refractivity contribution in [2.45, 2.75) is 58.0 Å². The van der Waals surface area contributed by atoms with E-state index in [0.29, 0.717) is 0 Å². The van der Waals surface area contributed by atoms with Crippen LogP contribution in [0, 0.1) is 0 Å². The molecule has 0 aromatic rings. The zero-order valence-electron chi connectivity index (χ0n) is 10.6. The van der Waals surface area contributed by atoms with Gasteiger partial charge in [-0.3, -0.25) is 4.79 Å². The fraction of sp³-hybridized carbons (Fsp3) is 0.900. The third-order valence-electron chi connectivity index (χ3n) is 3.12. The van der Waals surface area contributed by atoms with E-state index in [1.807, 2.05) is 0 Å². The molecule has 0 bridgehead atoms. The molecule has 0 saturated carbocycles. The Kier molecular flexibility index (Phi) is 4.51. The Balaban J connectivity index is 4.54. The number of rotatable bonds is 4. The summed E-state index contributed by atoms with van der Waals surface area (Å²) in [4.78, 5) is 10.9. The van der Waals surface area contributed by atoms with Crippen LogP contribution in [0.25, 0.3) is 0 Å². The molecule has 5 heteroatoms. The van der Waals surface area contributed by atoms with Crippen molar-refractivity contribution in [3.8, 4) is 0 Å². The first-order valence-corrected chi connectivity index (χ1v) is 8.12. The van der Waals surface area contributed by atoms with Gasteiger partial charge in [0.2, 0.25) is 5.91 Å². The normalized spacial score (nSPS) is 17.3. The SMILES string of the molecule is CC(O[Si](C)(C)C(C)(C)C)[C@H](N)C(N)=O. The maximum absolute atomic E-state index is 10.9. The molecular formula is C10H24N2O2Si. The molecule has 0 aromatic carbocycles. The number of amides is 1. The molecule has 0 aliphatic carbocycles. The van der Waals surface area contributed by atoms with Crippen LogP contribution >= 0.6 is 0 Å². The van der Waals surface area contributed by atoms with E-state index in [4.69, 9.17) is 15.9 Å². The highest BCUT2D eigenvalue weighted by molar-refractivity contribution is 6.74. The number of hydrogen-bond acceptors (Lipinski definition) is 3. The van der Waals surface area contributed by atoms with Gasteiger partial charge in [-0.1, -0.05) is 20.8 Å². The van der Waals surface area contributed by atoms with E-state index in [2.05, 4.69) is 33.9 Å². The van der Waals surface area contributed by atoms with Gasteiger partial charge in [0.25, 0.3) is 0 Å². The minimum atomic E-state index is -1.86. The van der Waals surface area contributed by atoms with E-state index in [0.717, 1.165) is 0 Å². The topological polar surface area (TPSA) is 78.3 Å². The van der Waals surface area contributed by atoms with Crippen LogP contribution < -0.4 is 11.5 Å². The van der Waals surface area contributed by atoms with Gasteiger partial charge in [-0.15, -0.1) is 0 Å². The van der Waals surface area contributed by atoms with E-state index in [9.17, 15) is 4.79 Å². The van der Waals surface area contributed by atoms with Gasteiger partial charge in [0.05, 0.1) is 6.10 Å². The highest BCUT2D eigenvalue weighted by Gasteiger charge is 2.39. The molecule has 0 saturated heterocycles. The third kappa shape index (κ3) is 3.93. The number of carbonyl (C=O) groups excluding carboxylic acids is 1. The molecule has 0 aliphatic heterocycles. The van der Waals surface area contributed by atoms with E-state index < -0.39 is 20.3 Å². The maximum atomic E-state index is 10.9. The first-order valence-electron chi connectivity index (χ1n) is 5.22. The van der Waals surface area contributed by atoms with Gasteiger partial charge in [-0.05, 0) is 25.1 Å². The van der Waals surface area contributed by atoms with E-state index >= 15 is 0 Å². The van der Waals surface area contributed by atoms with Crippen LogP contribution in [0.5, 0.6) is 0 Å². The summed E-state index contributed by atoms with van der Waals surface area (Å²) in [5, 5.41) is 0.110. The smallest absolute Gasteiger partial charge is 0.236 e. The summed E-state index contributed by atoms with van der Waals surface area (Å²) in [6, 6.07) is -0.723. The Bertz CT molecular complexity index is 236. The second-order valence-electron chi connectivity index (χ2n) is 5.51. The van der Waals surface area contributed by atoms with Gasteiger partial charge in [-0.25, -0.2) is 0 Å². The number of carbonyl (C=O) groups is 1. The predicted octanol–water partition coefficient (Wildman–Crippen LogP) is 1.21. The van der Waals surface area contributed by atoms with Crippen LogP contribution in [0.4, 0.5) is 0 Å². The van der Waals surface area contributed by atoms with Crippen molar-refractivity contribution >= 4 is 14.2 Å². The maximum Gasteiger partial charge on any atom is 0.236 e. The Labute approximate surface area is 93.5 Å². The molecule has 0 spiro atoms. The minimum Gasteiger partial charge on any atom is -0.412 e. The standard InChI is InChI=1S/C10H24N2O2Si/c1-7(8(11)9(12)13)14-15(5,6)10(2,3)4/h7-8H,11H2,1-6H3,(H2,12,13)/t7?,8-/m0/s1. The molecule has 0 fully saturated rings. The van der Waals surface area contributed by atoms with Gasteiger partial charge in [-0.2, -0.15) is 0 Å². The van der Waals surface area contributed by atoms with Crippen molar-refractivity contribution < 1.29 is 9.22 Å². The van der Waals surface area contributed by atoms with Crippen LogP contribution in [-0.4, -0.2) is 26.4 Å². The average Bonchev–Trinajstić information content (AvgIpc) is 1.99. The zero-order chi connectivity index (χ0) is 12.4. The second-order valence-corrected chi connectivity index (χ2v) is 10.3. The van der Waals surface area contributed by atoms with Gasteiger partial charge >= 0.3 is 0 Å². The monoisotopic (exact) mass is 232 g/mol. The first kappa shape index (κ1) is 14.6. The largest absolute Gasteiger partial charge is 0.412 e. The van der Waals surface area contributed by atoms with Crippen LogP contribution in [0.2, 0.25) is 18.1 Å². The van der Waals surface area contributed by atoms with Gasteiger partial charge in [0.1, 0.15) is 6.04 Å². The lowest BCUT2D eigenvalue weighted by atomic mass is 10.2. The molecule has 90 valence electrons. The third-order valence-corrected chi connectivity index (χ3v) is 7.69. The summed E-state index contributed by atoms with van der Waals surface area (Å²) in [5.74, 6) is -0.513. The van der Waals surface area contributed by atoms with Crippen LogP contribution in [0.3, 0.4) is 0 Å². The Hall–Kier alpha value is -0.393. The lowest BCUT2D eigenvalue weighted by Crippen LogP contribution is -2.52. The number of hydrogen-bond donors (Lipinski definition) is 2. The van der Waals surface area contributed by atoms with Gasteiger partial charge in [0, 0.05) is 0 Å². The van der Waals surface area contributed by atoms with Gasteiger partial charge in [0.15, 0.2) is 8.32 Å². The molecule has 0 heterocycles. The molecule has 0 aromatic heterocycles. The summed E-state index contributed by atoms with van der Waals surface area (Å²) in [7, 11) is -1.86. The molecule has 15 heavy (non-hydrogen) atoms. The summed E-state index contributed by atoms with van der Waals surface area (Å²) in [6.07, 6.45) is -0.316. The molecular weight excluding hydrogens is 208 g/mol. The molecule has 0 aliphatic rings. The molecule has 2 atom stereocenters. The zero-order valence-corrected chi connectivity index (χ0v) is 11.6. The molecule has 0 radical (unpaired) electrons. The summed E-state index contributed by atoms with van der Waals surface area (Å²) < 4.78 is 5.94. The Morgan fingerprint density at radius 3 is 2.00 bits per heavy atom. The highest BCUT2D eigenvalue weighted by atomic mass is 28.4. The minimum absolute atomic E-state index is 0.110. The molecule has 4 nitrogen and oxygen atoms in total. The fourth-order valence-corrected chi connectivity index (χ4v) is 2.38. The Morgan fingerprint density at radius 1 is 1.33 bits per heavy atom. The molecule has 4 N–H and O–H groups in total. The molecule has 1 unspecified atom stereocenters. The van der Waals surface area contributed by atoms with E-state index in [1.165, 1.54) is 0 Å². The van der Waals surface area contributed by atoms with E-state index in [-0.39, 0.29) is 11.1 Å². The van der Waals surface area contributed by atoms with Gasteiger partial charge < -0.3 is 15.9 Å². The Morgan fingerprint density at radius 2 is 1.73 bits per heavy atom. The summed E-state index contributed by atoms with van der Waals surface area (Å²) in [6.45, 7) is 12.5. The van der Waals surface area contributed by atoms with Crippen molar-refractivity contribution in [2.24, 2.45) is 11.5 Å². The van der Waals surface area contributed by atoms with Crippen LogP contribution in [0.1, 0.15) is 27.7 Å². The number of nitrogens with two attached hydrogens (primary N) is 2. The summed E-state index contributed by atoms with van der Waals surface area (Å²) in [5.41, 5.74) is 10.8.